The van der Waals surface area contributed by atoms with Crippen LogP contribution in [0.25, 0.3) is 5.76 Å². The van der Waals surface area contributed by atoms with E-state index in [1.54, 1.807) is 18.2 Å². The molecule has 1 amide bonds. The van der Waals surface area contributed by atoms with Crippen LogP contribution in [0.4, 0.5) is 5.69 Å². The van der Waals surface area contributed by atoms with Gasteiger partial charge in [-0.1, -0.05) is 56.3 Å². The summed E-state index contributed by atoms with van der Waals surface area (Å²) >= 11 is 0. The summed E-state index contributed by atoms with van der Waals surface area (Å²) in [6.45, 7) is 10.5. The highest BCUT2D eigenvalue weighted by Gasteiger charge is 2.47. The third-order valence-corrected chi connectivity index (χ3v) is 6.20. The van der Waals surface area contributed by atoms with Crippen molar-refractivity contribution in [3.8, 4) is 5.75 Å². The summed E-state index contributed by atoms with van der Waals surface area (Å²) in [5.41, 5.74) is 4.66. The van der Waals surface area contributed by atoms with Crippen LogP contribution in [0.15, 0.2) is 72.3 Å². The molecule has 1 unspecified atom stereocenters. The van der Waals surface area contributed by atoms with Crippen LogP contribution in [0.5, 0.6) is 5.75 Å². The third kappa shape index (κ3) is 4.72. The van der Waals surface area contributed by atoms with Gasteiger partial charge in [-0.3, -0.25) is 14.5 Å². The smallest absolute Gasteiger partial charge is 0.300 e. The van der Waals surface area contributed by atoms with Crippen LogP contribution in [0.3, 0.4) is 0 Å². The molecule has 0 aromatic heterocycles. The number of rotatable bonds is 6. The van der Waals surface area contributed by atoms with Crippen LogP contribution in [0.1, 0.15) is 47.7 Å². The van der Waals surface area contributed by atoms with Crippen molar-refractivity contribution in [3.05, 3.63) is 100 Å². The molecule has 180 valence electrons. The summed E-state index contributed by atoms with van der Waals surface area (Å²) in [6.07, 6.45) is 0. The number of aryl methyl sites for hydroxylation is 3. The molecule has 0 spiro atoms. The van der Waals surface area contributed by atoms with E-state index in [4.69, 9.17) is 4.74 Å². The largest absolute Gasteiger partial charge is 0.507 e. The number of anilines is 1. The van der Waals surface area contributed by atoms with E-state index < -0.39 is 17.7 Å². The highest BCUT2D eigenvalue weighted by molar-refractivity contribution is 6.51. The Kier molecular flexibility index (Phi) is 6.79. The Morgan fingerprint density at radius 1 is 0.943 bits per heavy atom. The molecule has 0 radical (unpaired) electrons. The number of aliphatic hydroxyl groups excluding tert-OH is 1. The maximum Gasteiger partial charge on any atom is 0.300 e. The molecule has 0 bridgehead atoms. The van der Waals surface area contributed by atoms with Gasteiger partial charge >= 0.3 is 0 Å². The first-order chi connectivity index (χ1) is 16.7. The van der Waals surface area contributed by atoms with Crippen LogP contribution >= 0.6 is 0 Å². The standard InChI is InChI=1S/C30H31NO4/c1-18(2)17-35-25-14-13-23(16-21(25)5)28(32)26-27(22-9-7-6-8-10-22)31(30(34)29(26)33)24-15-19(3)11-12-20(24)4/h6-16,18,27,32H,17H2,1-5H3/b28-26-. The molecular weight excluding hydrogens is 438 g/mol. The molecule has 35 heavy (non-hydrogen) atoms. The maximum absolute atomic E-state index is 13.4. The van der Waals surface area contributed by atoms with Gasteiger partial charge < -0.3 is 9.84 Å². The van der Waals surface area contributed by atoms with Gasteiger partial charge in [0.15, 0.2) is 0 Å². The van der Waals surface area contributed by atoms with Crippen molar-refractivity contribution in [2.45, 2.75) is 40.7 Å². The molecule has 1 aliphatic heterocycles. The first-order valence-corrected chi connectivity index (χ1v) is 11.9. The van der Waals surface area contributed by atoms with Crippen molar-refractivity contribution in [3.63, 3.8) is 0 Å². The van der Waals surface area contributed by atoms with Crippen LogP contribution < -0.4 is 9.64 Å². The lowest BCUT2D eigenvalue weighted by molar-refractivity contribution is -0.132. The second-order valence-corrected chi connectivity index (χ2v) is 9.55. The van der Waals surface area contributed by atoms with E-state index in [9.17, 15) is 14.7 Å². The number of hydrogen-bond donors (Lipinski definition) is 1. The van der Waals surface area contributed by atoms with E-state index in [-0.39, 0.29) is 11.3 Å². The Morgan fingerprint density at radius 2 is 1.66 bits per heavy atom. The van der Waals surface area contributed by atoms with Crippen molar-refractivity contribution in [1.82, 2.24) is 0 Å². The lowest BCUT2D eigenvalue weighted by Crippen LogP contribution is -2.30. The fraction of sp³-hybridized carbons (Fsp3) is 0.267. The molecule has 4 rings (SSSR count). The normalized spacial score (nSPS) is 17.3. The van der Waals surface area contributed by atoms with Crippen molar-refractivity contribution in [1.29, 1.82) is 0 Å². The van der Waals surface area contributed by atoms with Crippen LogP contribution in [-0.2, 0) is 9.59 Å². The van der Waals surface area contributed by atoms with Gasteiger partial charge in [-0.2, -0.15) is 0 Å². The van der Waals surface area contributed by atoms with Gasteiger partial charge in [0.1, 0.15) is 11.5 Å². The van der Waals surface area contributed by atoms with E-state index in [1.165, 1.54) is 4.90 Å². The second-order valence-electron chi connectivity index (χ2n) is 9.55. The topological polar surface area (TPSA) is 66.8 Å². The lowest BCUT2D eigenvalue weighted by Gasteiger charge is -2.27. The Balaban J connectivity index is 1.86. The van der Waals surface area contributed by atoms with Crippen LogP contribution in [0.2, 0.25) is 0 Å². The quantitative estimate of drug-likeness (QED) is 0.262. The lowest BCUT2D eigenvalue weighted by atomic mass is 9.94. The Hall–Kier alpha value is -3.86. The zero-order chi connectivity index (χ0) is 25.3. The molecule has 1 fully saturated rings. The minimum Gasteiger partial charge on any atom is -0.507 e. The number of carbonyl (C=O) groups excluding carboxylic acids is 2. The highest BCUT2D eigenvalue weighted by Crippen LogP contribution is 2.43. The molecular formula is C30H31NO4. The van der Waals surface area contributed by atoms with E-state index >= 15 is 0 Å². The summed E-state index contributed by atoms with van der Waals surface area (Å²) in [5, 5.41) is 11.4. The van der Waals surface area contributed by atoms with Gasteiger partial charge in [0.2, 0.25) is 0 Å². The zero-order valence-corrected chi connectivity index (χ0v) is 20.8. The fourth-order valence-electron chi connectivity index (χ4n) is 4.38. The maximum atomic E-state index is 13.4. The monoisotopic (exact) mass is 469 g/mol. The van der Waals surface area contributed by atoms with Gasteiger partial charge in [0.05, 0.1) is 18.2 Å². The summed E-state index contributed by atoms with van der Waals surface area (Å²) in [4.78, 5) is 28.3. The molecule has 5 heteroatoms. The SMILES string of the molecule is Cc1ccc(C)c(N2C(=O)C(=O)/C(=C(\O)c3ccc(OCC(C)C)c(C)c3)C2c2ccccc2)c1. The van der Waals surface area contributed by atoms with E-state index in [1.807, 2.05) is 69.3 Å². The molecule has 1 N–H and O–H groups in total. The van der Waals surface area contributed by atoms with Crippen LogP contribution in [0, 0.1) is 26.7 Å². The van der Waals surface area contributed by atoms with Crippen molar-refractivity contribution in [2.24, 2.45) is 5.92 Å². The predicted molar refractivity (Wildman–Crippen MR) is 139 cm³/mol. The Labute approximate surface area is 206 Å². The first-order valence-electron chi connectivity index (χ1n) is 11.9. The minimum atomic E-state index is -0.742. The Morgan fingerprint density at radius 3 is 2.31 bits per heavy atom. The molecule has 1 saturated heterocycles. The number of amides is 1. The summed E-state index contributed by atoms with van der Waals surface area (Å²) in [6, 6.07) is 19.7. The number of Topliss-reactive ketones (excluding diaryl/α,β-unsaturated/α-hetero) is 1. The highest BCUT2D eigenvalue weighted by atomic mass is 16.5. The molecule has 1 heterocycles. The van der Waals surface area contributed by atoms with Crippen molar-refractivity contribution in [2.75, 3.05) is 11.5 Å². The molecule has 3 aromatic carbocycles. The van der Waals surface area contributed by atoms with E-state index in [0.717, 1.165) is 28.0 Å². The molecule has 0 saturated carbocycles. The predicted octanol–water partition coefficient (Wildman–Crippen LogP) is 6.27. The number of hydrogen-bond acceptors (Lipinski definition) is 4. The number of nitrogens with zero attached hydrogens (tertiary/aromatic N) is 1. The summed E-state index contributed by atoms with van der Waals surface area (Å²) < 4.78 is 5.86. The van der Waals surface area contributed by atoms with Crippen LogP contribution in [-0.4, -0.2) is 23.4 Å². The number of ether oxygens (including phenoxy) is 1. The molecule has 3 aromatic rings. The number of carbonyl (C=O) groups is 2. The third-order valence-electron chi connectivity index (χ3n) is 6.20. The molecule has 1 aliphatic rings. The van der Waals surface area contributed by atoms with Crippen molar-refractivity contribution >= 4 is 23.1 Å². The zero-order valence-electron chi connectivity index (χ0n) is 20.8. The number of ketones is 1. The number of benzene rings is 3. The summed E-state index contributed by atoms with van der Waals surface area (Å²) in [5.74, 6) is -0.429. The minimum absolute atomic E-state index is 0.0809. The van der Waals surface area contributed by atoms with Gasteiger partial charge in [-0.05, 0) is 73.2 Å². The molecule has 1 atom stereocenters. The Bertz CT molecular complexity index is 1310. The average Bonchev–Trinajstić information content (AvgIpc) is 3.10. The van der Waals surface area contributed by atoms with E-state index in [0.29, 0.717) is 23.8 Å². The van der Waals surface area contributed by atoms with Gasteiger partial charge in [-0.25, -0.2) is 0 Å². The average molecular weight is 470 g/mol. The molecule has 5 nitrogen and oxygen atoms in total. The number of aliphatic hydroxyl groups is 1. The van der Waals surface area contributed by atoms with Crippen molar-refractivity contribution < 1.29 is 19.4 Å². The fourth-order valence-corrected chi connectivity index (χ4v) is 4.38. The van der Waals surface area contributed by atoms with Gasteiger partial charge in [-0.15, -0.1) is 0 Å². The second kappa shape index (κ2) is 9.79. The van der Waals surface area contributed by atoms with E-state index in [2.05, 4.69) is 13.8 Å². The first kappa shape index (κ1) is 24.3. The summed E-state index contributed by atoms with van der Waals surface area (Å²) in [7, 11) is 0. The van der Waals surface area contributed by atoms with Gasteiger partial charge in [0, 0.05) is 11.3 Å². The molecule has 0 aliphatic carbocycles. The van der Waals surface area contributed by atoms with Gasteiger partial charge in [0.25, 0.3) is 11.7 Å².